The van der Waals surface area contributed by atoms with Crippen molar-refractivity contribution >= 4 is 23.5 Å². The first-order valence-electron chi connectivity index (χ1n) is 9.56. The van der Waals surface area contributed by atoms with Gasteiger partial charge in [-0.25, -0.2) is 15.4 Å². The number of unbranched alkanes of at least 4 members (excludes halogenated alkanes) is 3. The van der Waals surface area contributed by atoms with Crippen molar-refractivity contribution in [2.24, 2.45) is 0 Å². The number of para-hydroxylation sites is 1. The average Bonchev–Trinajstić information content (AvgIpc) is 2.73. The highest BCUT2D eigenvalue weighted by molar-refractivity contribution is 5.93. The van der Waals surface area contributed by atoms with Crippen LogP contribution in [0.15, 0.2) is 55.0 Å². The van der Waals surface area contributed by atoms with Crippen LogP contribution in [0.2, 0.25) is 0 Å². The minimum atomic E-state index is -0.376. The molecule has 8 nitrogen and oxygen atoms in total. The minimum Gasteiger partial charge on any atom is -0.352 e. The molecule has 0 saturated carbocycles. The van der Waals surface area contributed by atoms with Crippen molar-refractivity contribution in [3.05, 3.63) is 60.6 Å². The molecule has 0 radical (unpaired) electrons. The fourth-order valence-electron chi connectivity index (χ4n) is 2.76. The van der Waals surface area contributed by atoms with Gasteiger partial charge in [0.2, 0.25) is 11.9 Å². The van der Waals surface area contributed by atoms with Gasteiger partial charge in [0.15, 0.2) is 0 Å². The number of nitrogens with one attached hydrogen (secondary N) is 2. The number of carbonyl (C=O) groups is 2. The fraction of sp³-hybridized carbons (Fsp3) is 0.333. The fourth-order valence-corrected chi connectivity index (χ4v) is 2.76. The lowest BCUT2D eigenvalue weighted by atomic mass is 10.1. The van der Waals surface area contributed by atoms with E-state index in [4.69, 9.17) is 5.21 Å². The summed E-state index contributed by atoms with van der Waals surface area (Å²) in [6.45, 7) is 6.39. The zero-order valence-corrected chi connectivity index (χ0v) is 16.6. The summed E-state index contributed by atoms with van der Waals surface area (Å²) in [5.74, 6) is -0.149. The molecule has 8 heteroatoms. The van der Waals surface area contributed by atoms with Crippen LogP contribution in [0.25, 0.3) is 0 Å². The van der Waals surface area contributed by atoms with E-state index in [1.165, 1.54) is 12.4 Å². The normalized spacial score (nSPS) is 10.3. The van der Waals surface area contributed by atoms with Crippen molar-refractivity contribution in [2.45, 2.75) is 39.0 Å². The van der Waals surface area contributed by atoms with Crippen molar-refractivity contribution in [1.29, 1.82) is 0 Å². The SMILES string of the molecule is C=C(C)N(c1ccccc1)c1ncc(C(=O)NCCCCCCC(=O)NO)cn1. The Kier molecular flexibility index (Phi) is 8.78. The number of hydroxylamine groups is 1. The molecular formula is C21H27N5O3. The minimum absolute atomic E-state index is 0.224. The molecule has 3 N–H and O–H groups in total. The van der Waals surface area contributed by atoms with Crippen molar-refractivity contribution in [3.8, 4) is 0 Å². The molecule has 0 aliphatic rings. The van der Waals surface area contributed by atoms with Crippen LogP contribution < -0.4 is 15.7 Å². The lowest BCUT2D eigenvalue weighted by Gasteiger charge is -2.22. The maximum absolute atomic E-state index is 12.2. The number of benzene rings is 1. The van der Waals surface area contributed by atoms with Crippen molar-refractivity contribution in [1.82, 2.24) is 20.8 Å². The molecule has 0 aliphatic heterocycles. The number of rotatable bonds is 11. The third-order valence-electron chi connectivity index (χ3n) is 4.24. The van der Waals surface area contributed by atoms with Gasteiger partial charge in [-0.2, -0.15) is 0 Å². The summed E-state index contributed by atoms with van der Waals surface area (Å²) in [6, 6.07) is 9.66. The number of anilines is 2. The van der Waals surface area contributed by atoms with E-state index in [-0.39, 0.29) is 11.8 Å². The van der Waals surface area contributed by atoms with Crippen molar-refractivity contribution < 1.29 is 14.8 Å². The van der Waals surface area contributed by atoms with Crippen LogP contribution in [0.1, 0.15) is 49.4 Å². The number of aromatic nitrogens is 2. The standard InChI is InChI=1S/C21H27N5O3/c1-16(2)26(18-10-6-5-7-11-18)21-23-14-17(15-24-21)20(28)22-13-9-4-3-8-12-19(27)25-29/h5-7,10-11,14-15,29H,1,3-4,8-9,12-13H2,2H3,(H,22,28)(H,25,27). The van der Waals surface area contributed by atoms with Gasteiger partial charge in [-0.15, -0.1) is 0 Å². The largest absolute Gasteiger partial charge is 0.352 e. The van der Waals surface area contributed by atoms with Crippen LogP contribution >= 0.6 is 0 Å². The highest BCUT2D eigenvalue weighted by Crippen LogP contribution is 2.25. The third-order valence-corrected chi connectivity index (χ3v) is 4.24. The van der Waals surface area contributed by atoms with Crippen molar-refractivity contribution in [2.75, 3.05) is 11.4 Å². The van der Waals surface area contributed by atoms with Crippen LogP contribution in [0.3, 0.4) is 0 Å². The predicted molar refractivity (Wildman–Crippen MR) is 111 cm³/mol. The Hall–Kier alpha value is -3.26. The Labute approximate surface area is 170 Å². The zero-order valence-electron chi connectivity index (χ0n) is 16.6. The van der Waals surface area contributed by atoms with Crippen LogP contribution in [0, 0.1) is 0 Å². The van der Waals surface area contributed by atoms with Gasteiger partial charge in [0.25, 0.3) is 5.91 Å². The molecule has 154 valence electrons. The molecular weight excluding hydrogens is 370 g/mol. The molecule has 0 fully saturated rings. The van der Waals surface area contributed by atoms with Crippen LogP contribution in [-0.2, 0) is 4.79 Å². The lowest BCUT2D eigenvalue weighted by Crippen LogP contribution is -2.25. The molecule has 1 heterocycles. The summed E-state index contributed by atoms with van der Waals surface area (Å²) in [6.07, 6.45) is 6.57. The van der Waals surface area contributed by atoms with E-state index in [1.54, 1.807) is 5.48 Å². The summed E-state index contributed by atoms with van der Waals surface area (Å²) >= 11 is 0. The molecule has 0 unspecified atom stereocenters. The van der Waals surface area contributed by atoms with E-state index in [0.717, 1.165) is 30.6 Å². The number of amides is 2. The van der Waals surface area contributed by atoms with Gasteiger partial charge in [0.1, 0.15) is 0 Å². The van der Waals surface area contributed by atoms with Gasteiger partial charge in [-0.3, -0.25) is 19.7 Å². The summed E-state index contributed by atoms with van der Waals surface area (Å²) in [5, 5.41) is 11.3. The number of carbonyl (C=O) groups excluding carboxylic acids is 2. The molecule has 2 aromatic rings. The molecule has 2 rings (SSSR count). The maximum Gasteiger partial charge on any atom is 0.254 e. The molecule has 1 aromatic heterocycles. The first-order chi connectivity index (χ1) is 14.0. The van der Waals surface area contributed by atoms with E-state index in [9.17, 15) is 9.59 Å². The smallest absolute Gasteiger partial charge is 0.254 e. The van der Waals surface area contributed by atoms with Gasteiger partial charge in [0.05, 0.1) is 5.56 Å². The second kappa shape index (κ2) is 11.6. The monoisotopic (exact) mass is 397 g/mol. The second-order valence-electron chi connectivity index (χ2n) is 6.63. The van der Waals surface area contributed by atoms with Gasteiger partial charge in [0, 0.05) is 36.7 Å². The van der Waals surface area contributed by atoms with Gasteiger partial charge >= 0.3 is 0 Å². The van der Waals surface area contributed by atoms with Crippen LogP contribution in [0.4, 0.5) is 11.6 Å². The molecule has 29 heavy (non-hydrogen) atoms. The second-order valence-corrected chi connectivity index (χ2v) is 6.63. The van der Waals surface area contributed by atoms with Crippen molar-refractivity contribution in [3.63, 3.8) is 0 Å². The van der Waals surface area contributed by atoms with E-state index < -0.39 is 0 Å². The Bertz CT molecular complexity index is 809. The Morgan fingerprint density at radius 3 is 2.34 bits per heavy atom. The number of hydrogen-bond donors (Lipinski definition) is 3. The van der Waals surface area contributed by atoms with Gasteiger partial charge < -0.3 is 5.32 Å². The summed E-state index contributed by atoms with van der Waals surface area (Å²) in [4.78, 5) is 33.6. The molecule has 0 saturated heterocycles. The topological polar surface area (TPSA) is 107 Å². The van der Waals surface area contributed by atoms with E-state index >= 15 is 0 Å². The highest BCUT2D eigenvalue weighted by Gasteiger charge is 2.14. The number of nitrogens with zero attached hydrogens (tertiary/aromatic N) is 3. The van der Waals surface area contributed by atoms with E-state index in [0.29, 0.717) is 30.9 Å². The third kappa shape index (κ3) is 7.00. The van der Waals surface area contributed by atoms with E-state index in [1.807, 2.05) is 42.2 Å². The molecule has 0 atom stereocenters. The Morgan fingerprint density at radius 1 is 1.07 bits per heavy atom. The Morgan fingerprint density at radius 2 is 1.72 bits per heavy atom. The first-order valence-corrected chi connectivity index (χ1v) is 9.56. The number of allylic oxidation sites excluding steroid dienone is 1. The molecule has 0 bridgehead atoms. The van der Waals surface area contributed by atoms with E-state index in [2.05, 4.69) is 21.9 Å². The maximum atomic E-state index is 12.2. The van der Waals surface area contributed by atoms with Gasteiger partial charge in [-0.1, -0.05) is 37.6 Å². The molecule has 0 spiro atoms. The molecule has 2 amide bonds. The molecule has 0 aliphatic carbocycles. The quantitative estimate of drug-likeness (QED) is 0.305. The zero-order chi connectivity index (χ0) is 21.1. The van der Waals surface area contributed by atoms with Gasteiger partial charge in [-0.05, 0) is 31.9 Å². The molecule has 1 aromatic carbocycles. The van der Waals surface area contributed by atoms with Crippen LogP contribution in [0.5, 0.6) is 0 Å². The predicted octanol–water partition coefficient (Wildman–Crippen LogP) is 3.33. The first kappa shape index (κ1) is 22.0. The average molecular weight is 397 g/mol. The summed E-state index contributed by atoms with van der Waals surface area (Å²) < 4.78 is 0. The summed E-state index contributed by atoms with van der Waals surface area (Å²) in [5.41, 5.74) is 3.67. The summed E-state index contributed by atoms with van der Waals surface area (Å²) in [7, 11) is 0. The van der Waals surface area contributed by atoms with Crippen LogP contribution in [-0.4, -0.2) is 33.5 Å². The highest BCUT2D eigenvalue weighted by atomic mass is 16.5. The Balaban J connectivity index is 1.82. The number of hydrogen-bond acceptors (Lipinski definition) is 6. The lowest BCUT2D eigenvalue weighted by molar-refractivity contribution is -0.129.